The zero-order valence-electron chi connectivity index (χ0n) is 23.7. The Labute approximate surface area is 237 Å². The van der Waals surface area contributed by atoms with Crippen molar-refractivity contribution in [1.29, 1.82) is 0 Å². The molecule has 0 heterocycles. The summed E-state index contributed by atoms with van der Waals surface area (Å²) in [5.74, 6) is -1.14. The van der Waals surface area contributed by atoms with Crippen LogP contribution in [0.4, 0.5) is 10.1 Å². The largest absolute Gasteiger partial charge is 0.354 e. The second-order valence-corrected chi connectivity index (χ2v) is 12.4. The third kappa shape index (κ3) is 7.69. The van der Waals surface area contributed by atoms with E-state index in [2.05, 4.69) is 5.32 Å². The normalized spacial score (nSPS) is 12.3. The van der Waals surface area contributed by atoms with E-state index in [1.54, 1.807) is 49.4 Å². The lowest BCUT2D eigenvalue weighted by molar-refractivity contribution is -0.139. The van der Waals surface area contributed by atoms with E-state index in [0.29, 0.717) is 12.2 Å². The highest BCUT2D eigenvalue weighted by atomic mass is 32.2. The molecule has 3 rings (SSSR count). The lowest BCUT2D eigenvalue weighted by atomic mass is 10.0. The number of amides is 2. The minimum atomic E-state index is -4.15. The number of hydrogen-bond donors (Lipinski definition) is 1. The molecule has 40 heavy (non-hydrogen) atoms. The maximum absolute atomic E-state index is 14.6. The van der Waals surface area contributed by atoms with E-state index >= 15 is 0 Å². The van der Waals surface area contributed by atoms with Crippen molar-refractivity contribution in [3.05, 3.63) is 95.8 Å². The van der Waals surface area contributed by atoms with Crippen LogP contribution in [0.1, 0.15) is 51.7 Å². The summed E-state index contributed by atoms with van der Waals surface area (Å²) < 4.78 is 43.3. The van der Waals surface area contributed by atoms with Gasteiger partial charge < -0.3 is 10.2 Å². The Morgan fingerprint density at radius 2 is 1.45 bits per heavy atom. The predicted octanol–water partition coefficient (Wildman–Crippen LogP) is 5.33. The first-order valence-corrected chi connectivity index (χ1v) is 14.8. The standard InChI is InChI=1S/C31H38FN3O4S/c1-22(2)19-33-31(37)24(5)34(20-26-11-9-10-14-29(26)32)30(36)21-35(27-17-15-25(16-18-27)23(3)4)40(38,39)28-12-7-6-8-13-28/h6-18,22-24H,19-21H2,1-5H3,(H,33,37). The van der Waals surface area contributed by atoms with Crippen LogP contribution in [-0.4, -0.2) is 44.3 Å². The van der Waals surface area contributed by atoms with Gasteiger partial charge in [0.2, 0.25) is 11.8 Å². The van der Waals surface area contributed by atoms with Gasteiger partial charge in [0.1, 0.15) is 18.4 Å². The van der Waals surface area contributed by atoms with Gasteiger partial charge in [0.15, 0.2) is 0 Å². The summed E-state index contributed by atoms with van der Waals surface area (Å²) in [4.78, 5) is 28.2. The van der Waals surface area contributed by atoms with Crippen molar-refractivity contribution in [3.8, 4) is 0 Å². The van der Waals surface area contributed by atoms with Crippen LogP contribution in [0.25, 0.3) is 0 Å². The second kappa shape index (κ2) is 13.6. The van der Waals surface area contributed by atoms with Gasteiger partial charge in [0, 0.05) is 18.7 Å². The highest BCUT2D eigenvalue weighted by molar-refractivity contribution is 7.92. The number of rotatable bonds is 12. The van der Waals surface area contributed by atoms with Crippen LogP contribution >= 0.6 is 0 Å². The lowest BCUT2D eigenvalue weighted by Crippen LogP contribution is -2.51. The fourth-order valence-corrected chi connectivity index (χ4v) is 5.55. The van der Waals surface area contributed by atoms with Crippen LogP contribution in [0, 0.1) is 11.7 Å². The van der Waals surface area contributed by atoms with Gasteiger partial charge in [-0.25, -0.2) is 12.8 Å². The summed E-state index contributed by atoms with van der Waals surface area (Å²) in [6.07, 6.45) is 0. The Hall–Kier alpha value is -3.72. The van der Waals surface area contributed by atoms with Crippen molar-refractivity contribution >= 4 is 27.5 Å². The highest BCUT2D eigenvalue weighted by Gasteiger charge is 2.32. The number of halogens is 1. The molecule has 0 saturated carbocycles. The molecule has 1 atom stereocenters. The average Bonchev–Trinajstić information content (AvgIpc) is 2.94. The maximum Gasteiger partial charge on any atom is 0.264 e. The van der Waals surface area contributed by atoms with E-state index in [4.69, 9.17) is 0 Å². The molecule has 214 valence electrons. The van der Waals surface area contributed by atoms with E-state index < -0.39 is 40.2 Å². The summed E-state index contributed by atoms with van der Waals surface area (Å²) in [6.45, 7) is 9.14. The minimum Gasteiger partial charge on any atom is -0.354 e. The molecular formula is C31H38FN3O4S. The number of carbonyl (C=O) groups is 2. The molecule has 0 bridgehead atoms. The minimum absolute atomic E-state index is 0.0270. The van der Waals surface area contributed by atoms with Gasteiger partial charge in [-0.1, -0.05) is 76.2 Å². The number of hydrogen-bond acceptors (Lipinski definition) is 4. The quantitative estimate of drug-likeness (QED) is 0.320. The summed E-state index contributed by atoms with van der Waals surface area (Å²) >= 11 is 0. The van der Waals surface area contributed by atoms with Gasteiger partial charge in [-0.05, 0) is 54.7 Å². The van der Waals surface area contributed by atoms with Crippen LogP contribution < -0.4 is 9.62 Å². The van der Waals surface area contributed by atoms with E-state index in [0.717, 1.165) is 9.87 Å². The third-order valence-electron chi connectivity index (χ3n) is 6.61. The Kier molecular flexibility index (Phi) is 10.5. The number of nitrogens with one attached hydrogen (secondary N) is 1. The molecule has 7 nitrogen and oxygen atoms in total. The molecule has 0 aliphatic carbocycles. The molecule has 0 saturated heterocycles. The number of nitrogens with zero attached hydrogens (tertiary/aromatic N) is 2. The molecule has 2 amide bonds. The van der Waals surface area contributed by atoms with E-state index in [-0.39, 0.29) is 28.8 Å². The Balaban J connectivity index is 2.02. The molecule has 1 unspecified atom stereocenters. The first-order chi connectivity index (χ1) is 18.9. The number of anilines is 1. The van der Waals surface area contributed by atoms with Gasteiger partial charge in [0.25, 0.3) is 10.0 Å². The highest BCUT2D eigenvalue weighted by Crippen LogP contribution is 2.26. The zero-order chi connectivity index (χ0) is 29.4. The first kappa shape index (κ1) is 30.8. The van der Waals surface area contributed by atoms with Crippen LogP contribution in [0.3, 0.4) is 0 Å². The first-order valence-electron chi connectivity index (χ1n) is 13.4. The molecule has 0 aromatic heterocycles. The van der Waals surface area contributed by atoms with Crippen molar-refractivity contribution in [2.75, 3.05) is 17.4 Å². The van der Waals surface area contributed by atoms with Gasteiger partial charge >= 0.3 is 0 Å². The Bertz CT molecular complexity index is 1390. The summed E-state index contributed by atoms with van der Waals surface area (Å²) in [7, 11) is -4.15. The monoisotopic (exact) mass is 567 g/mol. The zero-order valence-corrected chi connectivity index (χ0v) is 24.5. The molecule has 0 radical (unpaired) electrons. The van der Waals surface area contributed by atoms with Crippen molar-refractivity contribution in [3.63, 3.8) is 0 Å². The van der Waals surface area contributed by atoms with Crippen LogP contribution in [0.15, 0.2) is 83.8 Å². The summed E-state index contributed by atoms with van der Waals surface area (Å²) in [6, 6.07) is 19.9. The average molecular weight is 568 g/mol. The summed E-state index contributed by atoms with van der Waals surface area (Å²) in [5.41, 5.74) is 1.55. The molecule has 1 N–H and O–H groups in total. The second-order valence-electron chi connectivity index (χ2n) is 10.5. The van der Waals surface area contributed by atoms with Crippen LogP contribution in [0.2, 0.25) is 0 Å². The van der Waals surface area contributed by atoms with Crippen LogP contribution in [-0.2, 0) is 26.2 Å². The topological polar surface area (TPSA) is 86.8 Å². The van der Waals surface area contributed by atoms with Gasteiger partial charge in [-0.3, -0.25) is 13.9 Å². The van der Waals surface area contributed by atoms with E-state index in [1.807, 2.05) is 39.8 Å². The SMILES string of the molecule is CC(C)CNC(=O)C(C)N(Cc1ccccc1F)C(=O)CN(c1ccc(C(C)C)cc1)S(=O)(=O)c1ccccc1. The molecule has 3 aromatic rings. The fraction of sp³-hybridized carbons (Fsp3) is 0.355. The van der Waals surface area contributed by atoms with Crippen molar-refractivity contribution < 1.29 is 22.4 Å². The smallest absolute Gasteiger partial charge is 0.264 e. The van der Waals surface area contributed by atoms with Crippen molar-refractivity contribution in [2.45, 2.75) is 58.0 Å². The van der Waals surface area contributed by atoms with Crippen molar-refractivity contribution in [1.82, 2.24) is 10.2 Å². The van der Waals surface area contributed by atoms with Gasteiger partial charge in [0.05, 0.1) is 10.6 Å². The molecule has 9 heteroatoms. The predicted molar refractivity (Wildman–Crippen MR) is 156 cm³/mol. The molecule has 0 spiro atoms. The molecule has 0 fully saturated rings. The van der Waals surface area contributed by atoms with Crippen LogP contribution in [0.5, 0.6) is 0 Å². The molecular weight excluding hydrogens is 529 g/mol. The third-order valence-corrected chi connectivity index (χ3v) is 8.40. The Morgan fingerprint density at radius 3 is 2.02 bits per heavy atom. The van der Waals surface area contributed by atoms with Crippen molar-refractivity contribution in [2.24, 2.45) is 5.92 Å². The fourth-order valence-electron chi connectivity index (χ4n) is 4.12. The van der Waals surface area contributed by atoms with Gasteiger partial charge in [-0.15, -0.1) is 0 Å². The molecule has 0 aliphatic heterocycles. The molecule has 0 aliphatic rings. The number of carbonyl (C=O) groups excluding carboxylic acids is 2. The summed E-state index contributed by atoms with van der Waals surface area (Å²) in [5, 5.41) is 2.82. The van der Waals surface area contributed by atoms with Gasteiger partial charge in [-0.2, -0.15) is 0 Å². The molecule has 3 aromatic carbocycles. The number of sulfonamides is 1. The van der Waals surface area contributed by atoms with E-state index in [9.17, 15) is 22.4 Å². The lowest BCUT2D eigenvalue weighted by Gasteiger charge is -2.32. The number of benzene rings is 3. The van der Waals surface area contributed by atoms with E-state index in [1.165, 1.54) is 29.2 Å². The Morgan fingerprint density at radius 1 is 0.850 bits per heavy atom. The maximum atomic E-state index is 14.6.